The smallest absolute Gasteiger partial charge is 0.331 e. The van der Waals surface area contributed by atoms with Gasteiger partial charge in [0.15, 0.2) is 0 Å². The summed E-state index contributed by atoms with van der Waals surface area (Å²) < 4.78 is 16.5. The largest absolute Gasteiger partial charge is 0.481 e. The van der Waals surface area contributed by atoms with Crippen molar-refractivity contribution in [2.75, 3.05) is 13.2 Å². The van der Waals surface area contributed by atoms with Crippen LogP contribution in [0.1, 0.15) is 90.4 Å². The van der Waals surface area contributed by atoms with Gasteiger partial charge in [-0.2, -0.15) is 0 Å². The number of carbonyl (C=O) groups is 5. The van der Waals surface area contributed by atoms with Crippen LogP contribution in [0.4, 0.5) is 0 Å². The summed E-state index contributed by atoms with van der Waals surface area (Å²) in [5.41, 5.74) is -3.05. The number of hydrogen-bond acceptors (Lipinski definition) is 10. The van der Waals surface area contributed by atoms with Crippen molar-refractivity contribution in [1.29, 1.82) is 0 Å². The fraction of sp³-hybridized carbons (Fsp3) is 0.774. The molecule has 0 aromatic carbocycles. The molecular formula is C31H42O12. The number of rotatable bonds is 10. The first-order chi connectivity index (χ1) is 20.2. The van der Waals surface area contributed by atoms with Gasteiger partial charge in [-0.1, -0.05) is 6.92 Å². The maximum atomic E-state index is 12.6. The minimum Gasteiger partial charge on any atom is -0.481 e. The normalized spacial score (nSPS) is 39.9. The molecule has 0 aromatic rings. The van der Waals surface area contributed by atoms with Crippen LogP contribution in [-0.4, -0.2) is 80.8 Å². The van der Waals surface area contributed by atoms with Crippen LogP contribution in [0.25, 0.3) is 0 Å². The number of hydrogen-bond donors (Lipinski definition) is 4. The van der Waals surface area contributed by atoms with Crippen molar-refractivity contribution in [3.8, 4) is 0 Å². The summed E-state index contributed by atoms with van der Waals surface area (Å²) in [5, 5.41) is 42.8. The zero-order chi connectivity index (χ0) is 31.2. The molecule has 4 N–H and O–H groups in total. The Morgan fingerprint density at radius 2 is 1.56 bits per heavy atom. The molecule has 12 nitrogen and oxygen atoms in total. The highest BCUT2D eigenvalue weighted by molar-refractivity contribution is 5.85. The number of carboxylic acid groups (broad SMARTS) is 2. The van der Waals surface area contributed by atoms with Crippen LogP contribution >= 0.6 is 0 Å². The first-order valence-electron chi connectivity index (χ1n) is 15.3. The predicted octanol–water partition coefficient (Wildman–Crippen LogP) is 2.52. The molecule has 4 fully saturated rings. The van der Waals surface area contributed by atoms with Crippen LogP contribution in [0.2, 0.25) is 0 Å². The Morgan fingerprint density at radius 3 is 2.21 bits per heavy atom. The van der Waals surface area contributed by atoms with Crippen LogP contribution in [-0.2, 0) is 38.2 Å². The van der Waals surface area contributed by atoms with Gasteiger partial charge in [0.05, 0.1) is 43.5 Å². The van der Waals surface area contributed by atoms with E-state index in [2.05, 4.69) is 6.92 Å². The number of esters is 3. The molecule has 43 heavy (non-hydrogen) atoms. The highest BCUT2D eigenvalue weighted by Gasteiger charge is 2.71. The van der Waals surface area contributed by atoms with E-state index in [1.54, 1.807) is 6.08 Å². The Labute approximate surface area is 249 Å². The van der Waals surface area contributed by atoms with Gasteiger partial charge in [0.1, 0.15) is 12.7 Å². The van der Waals surface area contributed by atoms with Gasteiger partial charge < -0.3 is 34.6 Å². The molecule has 0 spiro atoms. The first-order valence-corrected chi connectivity index (χ1v) is 15.3. The summed E-state index contributed by atoms with van der Waals surface area (Å²) in [4.78, 5) is 58.7. The van der Waals surface area contributed by atoms with Crippen LogP contribution in [0.15, 0.2) is 11.6 Å². The second-order valence-electron chi connectivity index (χ2n) is 13.5. The molecule has 0 bridgehead atoms. The van der Waals surface area contributed by atoms with Gasteiger partial charge in [0.2, 0.25) is 0 Å². The number of fused-ring (bicyclic) bond motifs is 5. The quantitative estimate of drug-likeness (QED) is 0.210. The molecule has 0 amide bonds. The Kier molecular flexibility index (Phi) is 8.41. The standard InChI is InChI=1S/C31H42O12/c1-28-10-7-21-22(31(28,40)13-9-20(28)18-14-27(38)41-16-18)8-12-30(39)15-19(43-26(37)5-3-24(34)35)6-11-29(21,30)17-42-25(36)4-2-23(32)33/h14,19-22,39-40H,2-13,15-17H2,1H3,(H,32,33)(H,34,35)/t19?,20?,21-,22+,28?,29?,30?,31?/m0/s1. The topological polar surface area (TPSA) is 194 Å². The summed E-state index contributed by atoms with van der Waals surface area (Å²) in [6.45, 7) is 2.16. The molecule has 1 aliphatic heterocycles. The highest BCUT2D eigenvalue weighted by atomic mass is 16.5. The second kappa shape index (κ2) is 11.5. The van der Waals surface area contributed by atoms with Gasteiger partial charge in [0, 0.05) is 23.3 Å². The molecule has 1 heterocycles. The molecular weight excluding hydrogens is 564 g/mol. The van der Waals surface area contributed by atoms with Crippen LogP contribution in [0.3, 0.4) is 0 Å². The van der Waals surface area contributed by atoms with Crippen molar-refractivity contribution in [2.45, 2.75) is 108 Å². The van der Waals surface area contributed by atoms with Crippen molar-refractivity contribution in [2.24, 2.45) is 28.6 Å². The lowest BCUT2D eigenvalue weighted by atomic mass is 9.41. The van der Waals surface area contributed by atoms with Gasteiger partial charge in [-0.05, 0) is 74.7 Å². The molecule has 4 saturated carbocycles. The van der Waals surface area contributed by atoms with Gasteiger partial charge in [-0.15, -0.1) is 0 Å². The molecule has 0 radical (unpaired) electrons. The molecule has 0 saturated heterocycles. The number of carboxylic acids is 2. The Balaban J connectivity index is 1.41. The number of ether oxygens (including phenoxy) is 3. The molecule has 12 heteroatoms. The summed E-state index contributed by atoms with van der Waals surface area (Å²) in [5.74, 6) is -4.39. The monoisotopic (exact) mass is 606 g/mol. The summed E-state index contributed by atoms with van der Waals surface area (Å²) in [7, 11) is 0. The van der Waals surface area contributed by atoms with Gasteiger partial charge in [0.25, 0.3) is 0 Å². The van der Waals surface area contributed by atoms with E-state index in [0.717, 1.165) is 5.57 Å². The van der Waals surface area contributed by atoms with Crippen molar-refractivity contribution in [3.05, 3.63) is 11.6 Å². The van der Waals surface area contributed by atoms with E-state index >= 15 is 0 Å². The summed E-state index contributed by atoms with van der Waals surface area (Å²) >= 11 is 0. The summed E-state index contributed by atoms with van der Waals surface area (Å²) in [6, 6.07) is 0. The highest BCUT2D eigenvalue weighted by Crippen LogP contribution is 2.70. The van der Waals surface area contributed by atoms with E-state index in [1.807, 2.05) is 0 Å². The van der Waals surface area contributed by atoms with E-state index in [9.17, 15) is 34.2 Å². The molecule has 0 aromatic heterocycles. The van der Waals surface area contributed by atoms with Crippen LogP contribution < -0.4 is 0 Å². The number of cyclic esters (lactones) is 1. The Bertz CT molecular complexity index is 1210. The summed E-state index contributed by atoms with van der Waals surface area (Å²) in [6.07, 6.45) is 3.66. The molecule has 5 aliphatic rings. The third-order valence-corrected chi connectivity index (χ3v) is 11.6. The van der Waals surface area contributed by atoms with Gasteiger partial charge >= 0.3 is 29.8 Å². The average molecular weight is 607 g/mol. The SMILES string of the molecule is CC12CC[C@H]3[C@@H](CCC4(O)CC(OC(=O)CCC(=O)O)CCC34COC(=O)CCC(=O)O)C1(O)CCC2C1=CC(=O)OC1. The second-order valence-corrected chi connectivity index (χ2v) is 13.5. The molecule has 8 atom stereocenters. The average Bonchev–Trinajstić information content (AvgIpc) is 3.49. The fourth-order valence-electron chi connectivity index (χ4n) is 9.51. The van der Waals surface area contributed by atoms with Gasteiger partial charge in [-0.3, -0.25) is 19.2 Å². The fourth-order valence-corrected chi connectivity index (χ4v) is 9.51. The van der Waals surface area contributed by atoms with E-state index in [0.29, 0.717) is 44.9 Å². The molecule has 238 valence electrons. The van der Waals surface area contributed by atoms with Gasteiger partial charge in [-0.25, -0.2) is 4.79 Å². The molecule has 6 unspecified atom stereocenters. The van der Waals surface area contributed by atoms with Crippen molar-refractivity contribution < 1.29 is 58.6 Å². The third kappa shape index (κ3) is 5.45. The number of aliphatic carboxylic acids is 2. The zero-order valence-corrected chi connectivity index (χ0v) is 24.5. The van der Waals surface area contributed by atoms with Crippen molar-refractivity contribution in [3.63, 3.8) is 0 Å². The molecule has 5 rings (SSSR count). The van der Waals surface area contributed by atoms with Crippen LogP contribution in [0.5, 0.6) is 0 Å². The molecule has 4 aliphatic carbocycles. The van der Waals surface area contributed by atoms with Crippen LogP contribution in [0, 0.1) is 28.6 Å². The lowest BCUT2D eigenvalue weighted by Crippen LogP contribution is -2.69. The maximum absolute atomic E-state index is 12.6. The van der Waals surface area contributed by atoms with E-state index in [4.69, 9.17) is 24.4 Å². The van der Waals surface area contributed by atoms with E-state index < -0.39 is 52.0 Å². The Hall–Kier alpha value is -2.99. The van der Waals surface area contributed by atoms with E-state index in [-0.39, 0.29) is 75.5 Å². The lowest BCUT2D eigenvalue weighted by molar-refractivity contribution is -0.272. The van der Waals surface area contributed by atoms with Crippen molar-refractivity contribution in [1.82, 2.24) is 0 Å². The van der Waals surface area contributed by atoms with Crippen molar-refractivity contribution >= 4 is 29.8 Å². The van der Waals surface area contributed by atoms with E-state index in [1.165, 1.54) is 0 Å². The number of carbonyl (C=O) groups excluding carboxylic acids is 3. The predicted molar refractivity (Wildman–Crippen MR) is 146 cm³/mol. The number of aliphatic hydroxyl groups is 2. The first kappa shape index (κ1) is 31.4. The Morgan fingerprint density at radius 1 is 0.884 bits per heavy atom. The minimum atomic E-state index is -1.40. The third-order valence-electron chi connectivity index (χ3n) is 11.6. The minimum absolute atomic E-state index is 0.0172. The zero-order valence-electron chi connectivity index (χ0n) is 24.5. The lowest BCUT2D eigenvalue weighted by Gasteiger charge is -2.66. The maximum Gasteiger partial charge on any atom is 0.331 e.